The van der Waals surface area contributed by atoms with Crippen LogP contribution in [0.2, 0.25) is 0 Å². The highest BCUT2D eigenvalue weighted by molar-refractivity contribution is 7.99. The summed E-state index contributed by atoms with van der Waals surface area (Å²) < 4.78 is 0. The number of amides is 1. The second kappa shape index (κ2) is 8.33. The standard InChI is InChI=1S/C18H24N2O3S/c1-18(2)12-13(18)16(21)20-14(17(22)23)8-4-3-7-11-24-15-9-5-6-10-19-15/h5-6,8-10,13H,3-4,7,11-12H2,1-2H3,(H,20,21)(H,22,23)/b14-8-. The lowest BCUT2D eigenvalue weighted by molar-refractivity contribution is -0.135. The van der Waals surface area contributed by atoms with Crippen molar-refractivity contribution >= 4 is 23.6 Å². The Balaban J connectivity index is 1.69. The molecule has 1 fully saturated rings. The quantitative estimate of drug-likeness (QED) is 0.406. The maximum atomic E-state index is 12.0. The third-order valence-electron chi connectivity index (χ3n) is 4.15. The van der Waals surface area contributed by atoms with Crippen LogP contribution in [-0.2, 0) is 9.59 Å². The number of nitrogens with zero attached hydrogens (tertiary/aromatic N) is 1. The van der Waals surface area contributed by atoms with Gasteiger partial charge in [-0.15, -0.1) is 11.8 Å². The molecule has 0 radical (unpaired) electrons. The Bertz CT molecular complexity index is 614. The van der Waals surface area contributed by atoms with Gasteiger partial charge in [0, 0.05) is 12.1 Å². The van der Waals surface area contributed by atoms with Crippen LogP contribution in [0.3, 0.4) is 0 Å². The first kappa shape index (κ1) is 18.5. The molecule has 1 aliphatic carbocycles. The molecule has 1 aliphatic rings. The van der Waals surface area contributed by atoms with E-state index in [-0.39, 0.29) is 22.9 Å². The Morgan fingerprint density at radius 3 is 2.75 bits per heavy atom. The van der Waals surface area contributed by atoms with Crippen LogP contribution in [0.15, 0.2) is 41.2 Å². The van der Waals surface area contributed by atoms with Crippen molar-refractivity contribution in [3.63, 3.8) is 0 Å². The lowest BCUT2D eigenvalue weighted by Gasteiger charge is -2.07. The van der Waals surface area contributed by atoms with Gasteiger partial charge in [0.15, 0.2) is 0 Å². The van der Waals surface area contributed by atoms with Gasteiger partial charge in [0.1, 0.15) is 5.70 Å². The van der Waals surface area contributed by atoms with Crippen molar-refractivity contribution in [3.05, 3.63) is 36.2 Å². The van der Waals surface area contributed by atoms with E-state index in [1.54, 1.807) is 24.0 Å². The first-order chi connectivity index (χ1) is 11.4. The van der Waals surface area contributed by atoms with Gasteiger partial charge in [0.25, 0.3) is 0 Å². The molecule has 1 saturated carbocycles. The Labute approximate surface area is 146 Å². The van der Waals surface area contributed by atoms with Crippen LogP contribution in [-0.4, -0.2) is 27.7 Å². The van der Waals surface area contributed by atoms with E-state index < -0.39 is 5.97 Å². The molecule has 2 N–H and O–H groups in total. The molecular formula is C18H24N2O3S. The summed E-state index contributed by atoms with van der Waals surface area (Å²) in [5, 5.41) is 12.8. The molecule has 0 aliphatic heterocycles. The third-order valence-corrected chi connectivity index (χ3v) is 5.18. The van der Waals surface area contributed by atoms with Crippen LogP contribution in [0.4, 0.5) is 0 Å². The molecule has 0 saturated heterocycles. The Hall–Kier alpha value is -1.82. The lowest BCUT2D eigenvalue weighted by atomic mass is 10.1. The number of aliphatic carboxylic acids is 1. The molecule has 24 heavy (non-hydrogen) atoms. The highest BCUT2D eigenvalue weighted by Crippen LogP contribution is 2.51. The molecule has 130 valence electrons. The van der Waals surface area contributed by atoms with Crippen LogP contribution in [0.5, 0.6) is 0 Å². The first-order valence-electron chi connectivity index (χ1n) is 8.18. The molecule has 1 unspecified atom stereocenters. The predicted molar refractivity (Wildman–Crippen MR) is 94.6 cm³/mol. The fourth-order valence-corrected chi connectivity index (χ4v) is 3.30. The number of hydrogen-bond donors (Lipinski definition) is 2. The minimum atomic E-state index is -1.08. The first-order valence-corrected chi connectivity index (χ1v) is 9.17. The highest BCUT2D eigenvalue weighted by Gasteiger charge is 2.50. The lowest BCUT2D eigenvalue weighted by Crippen LogP contribution is -2.29. The monoisotopic (exact) mass is 348 g/mol. The fraction of sp³-hybridized carbons (Fsp3) is 0.500. The number of carbonyl (C=O) groups is 2. The summed E-state index contributed by atoms with van der Waals surface area (Å²) in [5.41, 5.74) is -0.00350. The number of pyridine rings is 1. The van der Waals surface area contributed by atoms with E-state index in [0.29, 0.717) is 6.42 Å². The molecule has 0 aromatic carbocycles. The number of rotatable bonds is 9. The van der Waals surface area contributed by atoms with Crippen LogP contribution in [0, 0.1) is 11.3 Å². The van der Waals surface area contributed by atoms with Gasteiger partial charge in [-0.2, -0.15) is 0 Å². The SMILES string of the molecule is CC1(C)CC1C(=O)N/C(=C\CCCCSc1ccccn1)C(=O)O. The minimum absolute atomic E-state index is 0.0000732. The second-order valence-electron chi connectivity index (χ2n) is 6.67. The zero-order valence-electron chi connectivity index (χ0n) is 14.1. The largest absolute Gasteiger partial charge is 0.477 e. The molecule has 1 amide bonds. The zero-order chi connectivity index (χ0) is 17.6. The van der Waals surface area contributed by atoms with Gasteiger partial charge in [-0.25, -0.2) is 9.78 Å². The van der Waals surface area contributed by atoms with Crippen LogP contribution >= 0.6 is 11.8 Å². The molecule has 1 aromatic rings. The summed E-state index contributed by atoms with van der Waals surface area (Å²) in [6.45, 7) is 4.03. The molecule has 1 heterocycles. The maximum Gasteiger partial charge on any atom is 0.352 e. The Morgan fingerprint density at radius 1 is 1.42 bits per heavy atom. The minimum Gasteiger partial charge on any atom is -0.477 e. The number of carboxylic acid groups (broad SMARTS) is 1. The Kier molecular flexibility index (Phi) is 6.43. The average molecular weight is 348 g/mol. The Morgan fingerprint density at radius 2 is 2.17 bits per heavy atom. The molecule has 0 bridgehead atoms. The van der Waals surface area contributed by atoms with Gasteiger partial charge < -0.3 is 10.4 Å². The van der Waals surface area contributed by atoms with E-state index in [1.807, 2.05) is 32.0 Å². The highest BCUT2D eigenvalue weighted by atomic mass is 32.2. The zero-order valence-corrected chi connectivity index (χ0v) is 14.9. The third kappa shape index (κ3) is 5.67. The summed E-state index contributed by atoms with van der Waals surface area (Å²) in [4.78, 5) is 27.5. The number of allylic oxidation sites excluding steroid dienone is 1. The van der Waals surface area contributed by atoms with E-state index in [9.17, 15) is 14.7 Å². The number of nitrogens with one attached hydrogen (secondary N) is 1. The van der Waals surface area contributed by atoms with Crippen molar-refractivity contribution in [2.24, 2.45) is 11.3 Å². The van der Waals surface area contributed by atoms with Crippen molar-refractivity contribution in [1.29, 1.82) is 0 Å². The number of unbranched alkanes of at least 4 members (excludes halogenated alkanes) is 2. The smallest absolute Gasteiger partial charge is 0.352 e. The van der Waals surface area contributed by atoms with Crippen LogP contribution in [0.25, 0.3) is 0 Å². The number of carboxylic acids is 1. The van der Waals surface area contributed by atoms with E-state index in [0.717, 1.165) is 30.0 Å². The average Bonchev–Trinajstić information content (AvgIpc) is 3.19. The van der Waals surface area contributed by atoms with Gasteiger partial charge in [-0.3, -0.25) is 4.79 Å². The van der Waals surface area contributed by atoms with Gasteiger partial charge in [0.05, 0.1) is 5.03 Å². The molecule has 1 aromatic heterocycles. The molecule has 5 nitrogen and oxygen atoms in total. The van der Waals surface area contributed by atoms with Crippen molar-refractivity contribution in [2.45, 2.75) is 44.6 Å². The van der Waals surface area contributed by atoms with Crippen molar-refractivity contribution in [2.75, 3.05) is 5.75 Å². The van der Waals surface area contributed by atoms with Gasteiger partial charge in [0.2, 0.25) is 5.91 Å². The predicted octanol–water partition coefficient (Wildman–Crippen LogP) is 3.47. The number of carbonyl (C=O) groups excluding carboxylic acids is 1. The van der Waals surface area contributed by atoms with E-state index >= 15 is 0 Å². The van der Waals surface area contributed by atoms with E-state index in [4.69, 9.17) is 0 Å². The fourth-order valence-electron chi connectivity index (χ4n) is 2.43. The molecule has 0 spiro atoms. The number of hydrogen-bond acceptors (Lipinski definition) is 4. The molecule has 2 rings (SSSR count). The summed E-state index contributed by atoms with van der Waals surface area (Å²) in [7, 11) is 0. The van der Waals surface area contributed by atoms with Crippen molar-refractivity contribution in [1.82, 2.24) is 10.3 Å². The molecular weight excluding hydrogens is 324 g/mol. The van der Waals surface area contributed by atoms with E-state index in [1.165, 1.54) is 0 Å². The number of thioether (sulfide) groups is 1. The summed E-state index contributed by atoms with van der Waals surface area (Å²) in [6.07, 6.45) is 6.68. The van der Waals surface area contributed by atoms with Gasteiger partial charge in [-0.1, -0.05) is 26.0 Å². The maximum absolute atomic E-state index is 12.0. The van der Waals surface area contributed by atoms with Gasteiger partial charge in [-0.05, 0) is 49.0 Å². The molecule has 1 atom stereocenters. The van der Waals surface area contributed by atoms with Crippen LogP contribution < -0.4 is 5.32 Å². The van der Waals surface area contributed by atoms with Crippen molar-refractivity contribution in [3.8, 4) is 0 Å². The second-order valence-corrected chi connectivity index (χ2v) is 7.78. The van der Waals surface area contributed by atoms with Crippen LogP contribution in [0.1, 0.15) is 39.5 Å². The summed E-state index contributed by atoms with van der Waals surface area (Å²) in [6, 6.07) is 5.82. The normalized spacial score (nSPS) is 18.9. The number of aromatic nitrogens is 1. The topological polar surface area (TPSA) is 79.3 Å². The van der Waals surface area contributed by atoms with Gasteiger partial charge >= 0.3 is 5.97 Å². The van der Waals surface area contributed by atoms with Crippen molar-refractivity contribution < 1.29 is 14.7 Å². The summed E-state index contributed by atoms with van der Waals surface area (Å²) >= 11 is 1.69. The molecule has 6 heteroatoms. The van der Waals surface area contributed by atoms with E-state index in [2.05, 4.69) is 10.3 Å². The summed E-state index contributed by atoms with van der Waals surface area (Å²) in [5.74, 6) is -0.394.